The smallest absolute Gasteiger partial charge is 0.0618 e. The molecule has 1 saturated carbocycles. The Morgan fingerprint density at radius 1 is 0.840 bits per heavy atom. The molecule has 0 radical (unpaired) electrons. The molecule has 0 bridgehead atoms. The van der Waals surface area contributed by atoms with Gasteiger partial charge in [-0.1, -0.05) is 108 Å². The monoisotopic (exact) mass is 357 g/mol. The number of nitrogens with zero attached hydrogens (tertiary/aromatic N) is 1. The minimum atomic E-state index is 0. The first-order valence-corrected chi connectivity index (χ1v) is 10.7. The van der Waals surface area contributed by atoms with Gasteiger partial charge in [-0.05, 0) is 31.1 Å². The highest BCUT2D eigenvalue weighted by Gasteiger charge is 2.18. The number of hydrogen-bond acceptors (Lipinski definition) is 1. The van der Waals surface area contributed by atoms with Crippen LogP contribution in [0.2, 0.25) is 0 Å². The Bertz CT molecular complexity index is 195. The van der Waals surface area contributed by atoms with Crippen LogP contribution in [0.5, 0.6) is 0 Å². The summed E-state index contributed by atoms with van der Waals surface area (Å²) in [7, 11) is 0. The summed E-state index contributed by atoms with van der Waals surface area (Å²) in [5, 5.41) is 7.62. The lowest BCUT2D eigenvalue weighted by atomic mass is 9.79. The summed E-state index contributed by atoms with van der Waals surface area (Å²) >= 11 is 0. The summed E-state index contributed by atoms with van der Waals surface area (Å²) < 4.78 is 0. The minimum absolute atomic E-state index is 0. The van der Waals surface area contributed by atoms with Crippen molar-refractivity contribution in [2.45, 2.75) is 128 Å². The van der Waals surface area contributed by atoms with Crippen molar-refractivity contribution in [1.29, 1.82) is 5.26 Å². The van der Waals surface area contributed by atoms with E-state index in [0.29, 0.717) is 6.42 Å². The molecule has 0 heterocycles. The molecule has 156 valence electrons. The van der Waals surface area contributed by atoms with Crippen molar-refractivity contribution in [2.75, 3.05) is 0 Å². The van der Waals surface area contributed by atoms with Crippen LogP contribution in [0.1, 0.15) is 128 Å². The van der Waals surface area contributed by atoms with Gasteiger partial charge < -0.3 is 0 Å². The highest BCUT2D eigenvalue weighted by molar-refractivity contribution is 4.78. The fourth-order valence-electron chi connectivity index (χ4n) is 2.11. The minimum Gasteiger partial charge on any atom is -0.198 e. The van der Waals surface area contributed by atoms with Crippen LogP contribution in [0.3, 0.4) is 0 Å². The van der Waals surface area contributed by atoms with Crippen LogP contribution in [0, 0.1) is 23.2 Å². The number of rotatable bonds is 3. The second kappa shape index (κ2) is 49.5. The van der Waals surface area contributed by atoms with Gasteiger partial charge in [-0.15, -0.1) is 6.58 Å². The van der Waals surface area contributed by atoms with Crippen molar-refractivity contribution >= 4 is 0 Å². The van der Waals surface area contributed by atoms with E-state index in [2.05, 4.69) is 33.4 Å². The summed E-state index contributed by atoms with van der Waals surface area (Å²) in [5.74, 6) is 2.01. The van der Waals surface area contributed by atoms with Gasteiger partial charge in [0.15, 0.2) is 0 Å². The third-order valence-electron chi connectivity index (χ3n) is 3.20. The summed E-state index contributed by atoms with van der Waals surface area (Å²) in [5.41, 5.74) is 0. The maximum Gasteiger partial charge on any atom is 0.0618 e. The van der Waals surface area contributed by atoms with Crippen molar-refractivity contribution in [3.05, 3.63) is 12.7 Å². The molecular weight excluding hydrogens is 302 g/mol. The molecule has 1 fully saturated rings. The zero-order chi connectivity index (χ0) is 20.2. The van der Waals surface area contributed by atoms with E-state index in [9.17, 15) is 0 Å². The van der Waals surface area contributed by atoms with Crippen LogP contribution in [0.4, 0.5) is 0 Å². The molecule has 0 unspecified atom stereocenters. The first-order chi connectivity index (χ1) is 11.7. The van der Waals surface area contributed by atoms with Gasteiger partial charge in [-0.25, -0.2) is 0 Å². The highest BCUT2D eigenvalue weighted by Crippen LogP contribution is 2.32. The van der Waals surface area contributed by atoms with Gasteiger partial charge >= 0.3 is 0 Å². The summed E-state index contributed by atoms with van der Waals surface area (Å²) in [6, 6.07) is 1.93. The molecule has 25 heavy (non-hydrogen) atoms. The van der Waals surface area contributed by atoms with Crippen LogP contribution in [-0.4, -0.2) is 0 Å². The molecule has 1 heteroatoms. The van der Waals surface area contributed by atoms with Crippen LogP contribution in [0.25, 0.3) is 0 Å². The van der Waals surface area contributed by atoms with Crippen molar-refractivity contribution in [2.24, 2.45) is 11.8 Å². The standard InChI is InChI=1S/C11H20.C3H5N.C3H8.3C2H6.CH4/c1-3-5-11-8-6-10(4-2)7-9-11;1-2-3-4;1-3-2;3*1-2;/h3,10-11H,1,4-9H2,2H3;2H2,1H3;3H2,1-2H3;3*1-2H3;1H4. The van der Waals surface area contributed by atoms with Gasteiger partial charge in [0.2, 0.25) is 0 Å². The third kappa shape index (κ3) is 45.1. The quantitative estimate of drug-likeness (QED) is 0.461. The molecule has 1 nitrogen and oxygen atoms in total. The molecule has 0 aromatic carbocycles. The largest absolute Gasteiger partial charge is 0.198 e. The molecule has 0 saturated heterocycles. The van der Waals surface area contributed by atoms with Crippen LogP contribution in [-0.2, 0) is 0 Å². The van der Waals surface area contributed by atoms with E-state index in [-0.39, 0.29) is 7.43 Å². The normalized spacial score (nSPS) is 16.2. The molecular formula is C24H55N. The molecule has 0 aliphatic heterocycles. The Kier molecular flexibility index (Phi) is 77.9. The predicted molar refractivity (Wildman–Crippen MR) is 123 cm³/mol. The zero-order valence-corrected chi connectivity index (χ0v) is 19.0. The van der Waals surface area contributed by atoms with E-state index in [1.807, 2.05) is 54.5 Å². The maximum atomic E-state index is 7.62. The van der Waals surface area contributed by atoms with Gasteiger partial charge in [0.1, 0.15) is 0 Å². The number of nitriles is 1. The Balaban J connectivity index is -0.0000000546. The topological polar surface area (TPSA) is 23.8 Å². The second-order valence-electron chi connectivity index (χ2n) is 5.04. The second-order valence-corrected chi connectivity index (χ2v) is 5.04. The summed E-state index contributed by atoms with van der Waals surface area (Å²) in [4.78, 5) is 0. The van der Waals surface area contributed by atoms with Gasteiger partial charge in [-0.2, -0.15) is 5.26 Å². The van der Waals surface area contributed by atoms with Crippen molar-refractivity contribution in [3.63, 3.8) is 0 Å². The lowest BCUT2D eigenvalue weighted by Gasteiger charge is -2.26. The van der Waals surface area contributed by atoms with E-state index in [1.165, 1.54) is 44.9 Å². The number of hydrogen-bond donors (Lipinski definition) is 0. The zero-order valence-electron chi connectivity index (χ0n) is 19.0. The molecule has 0 atom stereocenters. The molecule has 0 amide bonds. The van der Waals surface area contributed by atoms with Gasteiger partial charge in [-0.3, -0.25) is 0 Å². The fraction of sp³-hybridized carbons (Fsp3) is 0.875. The van der Waals surface area contributed by atoms with Gasteiger partial charge in [0.05, 0.1) is 6.07 Å². The van der Waals surface area contributed by atoms with Crippen LogP contribution < -0.4 is 0 Å². The molecule has 0 aromatic rings. The molecule has 0 aromatic heterocycles. The average molecular weight is 358 g/mol. The van der Waals surface area contributed by atoms with E-state index in [0.717, 1.165) is 11.8 Å². The average Bonchev–Trinajstić information content (AvgIpc) is 2.68. The van der Waals surface area contributed by atoms with E-state index >= 15 is 0 Å². The molecule has 1 rings (SSSR count). The third-order valence-corrected chi connectivity index (χ3v) is 3.20. The van der Waals surface area contributed by atoms with Crippen LogP contribution in [0.15, 0.2) is 12.7 Å². The SMILES string of the molecule is C.C=CCC1CCC(CC)CC1.CC.CC.CC.CCC.CCC#N. The Morgan fingerprint density at radius 3 is 1.32 bits per heavy atom. The maximum absolute atomic E-state index is 7.62. The number of allylic oxidation sites excluding steroid dienone is 1. The Morgan fingerprint density at radius 2 is 1.12 bits per heavy atom. The van der Waals surface area contributed by atoms with Gasteiger partial charge in [0, 0.05) is 6.42 Å². The molecule has 1 aliphatic carbocycles. The van der Waals surface area contributed by atoms with Crippen molar-refractivity contribution in [1.82, 2.24) is 0 Å². The van der Waals surface area contributed by atoms with E-state index in [4.69, 9.17) is 5.26 Å². The highest BCUT2D eigenvalue weighted by atomic mass is 14.2. The van der Waals surface area contributed by atoms with E-state index < -0.39 is 0 Å². The Hall–Kier alpha value is -0.770. The molecule has 0 N–H and O–H groups in total. The Labute approximate surface area is 164 Å². The molecule has 1 aliphatic rings. The lowest BCUT2D eigenvalue weighted by molar-refractivity contribution is 0.271. The van der Waals surface area contributed by atoms with Gasteiger partial charge in [0.25, 0.3) is 0 Å². The van der Waals surface area contributed by atoms with Crippen molar-refractivity contribution in [3.8, 4) is 6.07 Å². The van der Waals surface area contributed by atoms with E-state index in [1.54, 1.807) is 0 Å². The van der Waals surface area contributed by atoms with Crippen molar-refractivity contribution < 1.29 is 0 Å². The lowest BCUT2D eigenvalue weighted by Crippen LogP contribution is -2.13. The predicted octanol–water partition coefficient (Wildman–Crippen LogP) is 9.83. The van der Waals surface area contributed by atoms with Crippen LogP contribution >= 0.6 is 0 Å². The first kappa shape index (κ1) is 39.3. The fourth-order valence-corrected chi connectivity index (χ4v) is 2.11. The summed E-state index contributed by atoms with van der Waals surface area (Å²) in [6.45, 7) is 24.2. The molecule has 0 spiro atoms. The summed E-state index contributed by atoms with van der Waals surface area (Å²) in [6.07, 6.45) is 12.4. The first-order valence-electron chi connectivity index (χ1n) is 10.7.